The van der Waals surface area contributed by atoms with Gasteiger partial charge >= 0.3 is 29.6 Å². The topological polar surface area (TPSA) is 28.7 Å². The summed E-state index contributed by atoms with van der Waals surface area (Å²) in [5.41, 5.74) is 2.27. The van der Waals surface area contributed by atoms with Crippen LogP contribution >= 0.6 is 0 Å². The summed E-state index contributed by atoms with van der Waals surface area (Å²) in [6.07, 6.45) is 22.4. The second kappa shape index (κ2) is 16.6. The Hall–Kier alpha value is -0.310. The molecule has 0 saturated carbocycles. The fourth-order valence-corrected chi connectivity index (χ4v) is 3.79. The average molecular weight is 381 g/mol. The van der Waals surface area contributed by atoms with Crippen LogP contribution in [-0.2, 0) is 6.42 Å². The van der Waals surface area contributed by atoms with Gasteiger partial charge in [0, 0.05) is 6.42 Å². The van der Waals surface area contributed by atoms with E-state index in [9.17, 15) is 0 Å². The third kappa shape index (κ3) is 11.3. The van der Waals surface area contributed by atoms with Crippen LogP contribution in [0.5, 0.6) is 0 Å². The molecule has 0 spiro atoms. The first-order valence-electron chi connectivity index (χ1n) is 11.3. The Morgan fingerprint density at radius 2 is 1.15 bits per heavy atom. The zero-order valence-electron chi connectivity index (χ0n) is 17.1. The molecule has 0 bridgehead atoms. The molecular weight excluding hydrogens is 339 g/mol. The van der Waals surface area contributed by atoms with E-state index in [4.69, 9.17) is 0 Å². The van der Waals surface area contributed by atoms with Gasteiger partial charge in [-0.25, -0.2) is 4.98 Å². The third-order valence-corrected chi connectivity index (χ3v) is 5.46. The van der Waals surface area contributed by atoms with E-state index in [1.807, 2.05) is 0 Å². The molecule has 0 radical (unpaired) electrons. The monoisotopic (exact) mass is 380 g/mol. The van der Waals surface area contributed by atoms with E-state index in [0.29, 0.717) is 0 Å². The van der Waals surface area contributed by atoms with Crippen LogP contribution in [0.1, 0.15) is 109 Å². The minimum absolute atomic E-state index is 0. The molecule has 2 rings (SSSR count). The van der Waals surface area contributed by atoms with Crippen molar-refractivity contribution in [1.82, 2.24) is 9.97 Å². The van der Waals surface area contributed by atoms with Gasteiger partial charge in [-0.3, -0.25) is 0 Å². The number of aryl methyl sites for hydroxylation is 1. The van der Waals surface area contributed by atoms with Crippen molar-refractivity contribution in [2.75, 3.05) is 0 Å². The summed E-state index contributed by atoms with van der Waals surface area (Å²) in [4.78, 5) is 8.09. The predicted octanol–water partition coefficient (Wildman–Crippen LogP) is 7.33. The third-order valence-electron chi connectivity index (χ3n) is 5.46. The van der Waals surface area contributed by atoms with Crippen LogP contribution in [0.4, 0.5) is 0 Å². The van der Waals surface area contributed by atoms with Gasteiger partial charge in [-0.15, -0.1) is 0 Å². The summed E-state index contributed by atoms with van der Waals surface area (Å²) in [7, 11) is 0. The van der Waals surface area contributed by atoms with Crippen molar-refractivity contribution in [1.29, 1.82) is 0 Å². The normalized spacial score (nSPS) is 11.0. The van der Waals surface area contributed by atoms with Crippen molar-refractivity contribution in [2.45, 2.75) is 110 Å². The number of aromatic nitrogens is 2. The number of hydrogen-bond donors (Lipinski definition) is 1. The summed E-state index contributed by atoms with van der Waals surface area (Å²) >= 11 is 0. The standard InChI is InChI=1S/C24H40N2.Na.H/c1-2-3-4-5-6-7-8-9-10-11-12-13-14-15-16-21-24-25-22-19-17-18-20-23(22)26-24;;/h17-20H,2-16,21H2,1H3,(H,25,26);;. The van der Waals surface area contributed by atoms with Crippen LogP contribution in [-0.4, -0.2) is 39.5 Å². The van der Waals surface area contributed by atoms with E-state index in [2.05, 4.69) is 41.2 Å². The molecule has 148 valence electrons. The molecule has 2 nitrogen and oxygen atoms in total. The number of nitrogens with zero attached hydrogens (tertiary/aromatic N) is 1. The number of H-pyrrole nitrogens is 1. The van der Waals surface area contributed by atoms with E-state index in [-0.39, 0.29) is 29.6 Å². The van der Waals surface area contributed by atoms with Gasteiger partial charge in [0.25, 0.3) is 0 Å². The van der Waals surface area contributed by atoms with Crippen molar-refractivity contribution in [3.63, 3.8) is 0 Å². The first-order valence-corrected chi connectivity index (χ1v) is 11.3. The fourth-order valence-electron chi connectivity index (χ4n) is 3.79. The molecule has 27 heavy (non-hydrogen) atoms. The molecule has 0 atom stereocenters. The summed E-state index contributed by atoms with van der Waals surface area (Å²) in [6.45, 7) is 2.29. The van der Waals surface area contributed by atoms with E-state index >= 15 is 0 Å². The van der Waals surface area contributed by atoms with Gasteiger partial charge in [0.1, 0.15) is 5.82 Å². The summed E-state index contributed by atoms with van der Waals surface area (Å²) in [5.74, 6) is 1.15. The zero-order chi connectivity index (χ0) is 18.3. The van der Waals surface area contributed by atoms with Gasteiger partial charge in [0.2, 0.25) is 0 Å². The van der Waals surface area contributed by atoms with Crippen molar-refractivity contribution < 1.29 is 0 Å². The molecule has 0 aliphatic heterocycles. The Kier molecular flexibility index (Phi) is 15.2. The molecule has 0 saturated heterocycles. The second-order valence-corrected chi connectivity index (χ2v) is 7.90. The summed E-state index contributed by atoms with van der Waals surface area (Å²) in [5, 5.41) is 0. The fraction of sp³-hybridized carbons (Fsp3) is 0.708. The molecular formula is C24H41N2Na. The van der Waals surface area contributed by atoms with Gasteiger partial charge < -0.3 is 4.98 Å². The molecule has 0 aliphatic rings. The molecule has 1 N–H and O–H groups in total. The SMILES string of the molecule is CCCCCCCCCCCCCCCCCc1nc2ccccc2[nH]1.[NaH]. The Bertz CT molecular complexity index is 546. The number of unbranched alkanes of at least 4 members (excludes halogenated alkanes) is 14. The van der Waals surface area contributed by atoms with E-state index in [0.717, 1.165) is 17.8 Å². The maximum absolute atomic E-state index is 4.66. The number of aromatic amines is 1. The molecule has 1 aromatic carbocycles. The number of rotatable bonds is 16. The first-order chi connectivity index (χ1) is 12.9. The van der Waals surface area contributed by atoms with Crippen molar-refractivity contribution in [3.05, 3.63) is 30.1 Å². The number of para-hydroxylation sites is 2. The van der Waals surface area contributed by atoms with E-state index < -0.39 is 0 Å². The van der Waals surface area contributed by atoms with Gasteiger partial charge in [-0.05, 0) is 18.6 Å². The van der Waals surface area contributed by atoms with Crippen LogP contribution in [0.3, 0.4) is 0 Å². The second-order valence-electron chi connectivity index (χ2n) is 7.90. The van der Waals surface area contributed by atoms with Crippen molar-refractivity contribution >= 4 is 40.6 Å². The number of hydrogen-bond acceptors (Lipinski definition) is 1. The molecule has 0 amide bonds. The van der Waals surface area contributed by atoms with Gasteiger partial charge in [0.05, 0.1) is 11.0 Å². The molecule has 1 aromatic heterocycles. The molecule has 0 unspecified atom stereocenters. The summed E-state index contributed by atoms with van der Waals surface area (Å²) < 4.78 is 0. The van der Waals surface area contributed by atoms with Crippen LogP contribution in [0.15, 0.2) is 24.3 Å². The van der Waals surface area contributed by atoms with Crippen LogP contribution in [0.25, 0.3) is 11.0 Å². The first kappa shape index (κ1) is 24.7. The Morgan fingerprint density at radius 1 is 0.667 bits per heavy atom. The Morgan fingerprint density at radius 3 is 1.67 bits per heavy atom. The van der Waals surface area contributed by atoms with Gasteiger partial charge in [-0.1, -0.05) is 109 Å². The molecule has 0 aliphatic carbocycles. The van der Waals surface area contributed by atoms with Gasteiger partial charge in [-0.2, -0.15) is 0 Å². The molecule has 1 heterocycles. The number of fused-ring (bicyclic) bond motifs is 1. The number of benzene rings is 1. The van der Waals surface area contributed by atoms with Crippen LogP contribution < -0.4 is 0 Å². The average Bonchev–Trinajstić information content (AvgIpc) is 3.07. The van der Waals surface area contributed by atoms with Crippen LogP contribution in [0, 0.1) is 0 Å². The quantitative estimate of drug-likeness (QED) is 0.240. The van der Waals surface area contributed by atoms with Crippen molar-refractivity contribution in [2.24, 2.45) is 0 Å². The zero-order valence-corrected chi connectivity index (χ0v) is 17.1. The predicted molar refractivity (Wildman–Crippen MR) is 122 cm³/mol. The Labute approximate surface area is 189 Å². The van der Waals surface area contributed by atoms with Crippen molar-refractivity contribution in [3.8, 4) is 0 Å². The number of imidazole rings is 1. The molecule has 2 aromatic rings. The molecule has 0 fully saturated rings. The number of nitrogens with one attached hydrogen (secondary N) is 1. The maximum atomic E-state index is 4.66. The van der Waals surface area contributed by atoms with E-state index in [1.165, 1.54) is 102 Å². The molecule has 3 heteroatoms. The van der Waals surface area contributed by atoms with Crippen LogP contribution in [0.2, 0.25) is 0 Å². The minimum atomic E-state index is 0. The van der Waals surface area contributed by atoms with Gasteiger partial charge in [0.15, 0.2) is 0 Å². The summed E-state index contributed by atoms with van der Waals surface area (Å²) in [6, 6.07) is 8.32. The van der Waals surface area contributed by atoms with E-state index in [1.54, 1.807) is 0 Å². The Balaban J connectivity index is 0.00000364.